The molecule has 0 aliphatic carbocycles. The van der Waals surface area contributed by atoms with Gasteiger partial charge >= 0.3 is 0 Å². The quantitative estimate of drug-likeness (QED) is 0.724. The Hall–Kier alpha value is -1.38. The number of nitrogens with zero attached hydrogens (tertiary/aromatic N) is 1. The number of carbonyl (C=O) groups excluding carboxylic acids is 1. The van der Waals surface area contributed by atoms with E-state index in [0.717, 1.165) is 0 Å². The van der Waals surface area contributed by atoms with Crippen LogP contribution in [0.3, 0.4) is 0 Å². The highest BCUT2D eigenvalue weighted by atomic mass is 19.1. The van der Waals surface area contributed by atoms with E-state index in [0.29, 0.717) is 18.7 Å². The van der Waals surface area contributed by atoms with Crippen LogP contribution in [0.2, 0.25) is 0 Å². The molecule has 0 aliphatic rings. The monoisotopic (exact) mass is 195 g/mol. The number of carbonyl (C=O) groups is 1. The Bertz CT molecular complexity index is 321. The lowest BCUT2D eigenvalue weighted by atomic mass is 10.2. The van der Waals surface area contributed by atoms with E-state index in [2.05, 4.69) is 0 Å². The van der Waals surface area contributed by atoms with Crippen molar-refractivity contribution in [1.29, 1.82) is 0 Å². The molecule has 2 nitrogen and oxygen atoms in total. The number of hydrogen-bond acceptors (Lipinski definition) is 1. The van der Waals surface area contributed by atoms with Crippen LogP contribution in [0, 0.1) is 5.82 Å². The number of benzene rings is 1. The van der Waals surface area contributed by atoms with Gasteiger partial charge in [0.25, 0.3) is 5.91 Å². The smallest absolute Gasteiger partial charge is 0.253 e. The number of hydrogen-bond donors (Lipinski definition) is 0. The second-order valence-corrected chi connectivity index (χ2v) is 2.99. The standard InChI is InChI=1S/C11H14FNO/c1-3-13(4-2)11(14)9-6-5-7-10(12)8-9/h5-8H,3-4H2,1-2H3. The van der Waals surface area contributed by atoms with Crippen LogP contribution in [-0.2, 0) is 0 Å². The van der Waals surface area contributed by atoms with Gasteiger partial charge in [-0.15, -0.1) is 0 Å². The summed E-state index contributed by atoms with van der Waals surface area (Å²) in [6.45, 7) is 5.10. The molecule has 1 amide bonds. The van der Waals surface area contributed by atoms with Crippen LogP contribution in [0.5, 0.6) is 0 Å². The molecular weight excluding hydrogens is 181 g/mol. The fourth-order valence-electron chi connectivity index (χ4n) is 1.31. The minimum absolute atomic E-state index is 0.116. The zero-order valence-electron chi connectivity index (χ0n) is 8.46. The number of amides is 1. The predicted octanol–water partition coefficient (Wildman–Crippen LogP) is 2.31. The van der Waals surface area contributed by atoms with Gasteiger partial charge in [0.1, 0.15) is 5.82 Å². The maximum absolute atomic E-state index is 12.8. The van der Waals surface area contributed by atoms with Gasteiger partial charge in [0.05, 0.1) is 0 Å². The maximum Gasteiger partial charge on any atom is 0.253 e. The van der Waals surface area contributed by atoms with Gasteiger partial charge in [0.2, 0.25) is 0 Å². The number of halogens is 1. The Balaban J connectivity index is 2.88. The van der Waals surface area contributed by atoms with Crippen LogP contribution in [0.1, 0.15) is 24.2 Å². The third-order valence-electron chi connectivity index (χ3n) is 2.12. The molecule has 1 aromatic rings. The molecule has 0 N–H and O–H groups in total. The molecule has 0 atom stereocenters. The van der Waals surface area contributed by atoms with Gasteiger partial charge in [-0.2, -0.15) is 0 Å². The van der Waals surface area contributed by atoms with Crippen molar-refractivity contribution < 1.29 is 9.18 Å². The first-order valence-corrected chi connectivity index (χ1v) is 4.73. The van der Waals surface area contributed by atoms with Gasteiger partial charge < -0.3 is 4.90 Å². The summed E-state index contributed by atoms with van der Waals surface area (Å²) in [5, 5.41) is 0. The SMILES string of the molecule is CCN(CC)C(=O)c1cccc(F)c1. The summed E-state index contributed by atoms with van der Waals surface area (Å²) in [6.07, 6.45) is 0. The van der Waals surface area contributed by atoms with Crippen molar-refractivity contribution in [3.8, 4) is 0 Å². The summed E-state index contributed by atoms with van der Waals surface area (Å²) >= 11 is 0. The van der Waals surface area contributed by atoms with Gasteiger partial charge in [0, 0.05) is 18.7 Å². The summed E-state index contributed by atoms with van der Waals surface area (Å²) in [7, 11) is 0. The van der Waals surface area contributed by atoms with Crippen LogP contribution in [0.15, 0.2) is 24.3 Å². The average Bonchev–Trinajstić information content (AvgIpc) is 2.19. The molecular formula is C11H14FNO. The molecule has 1 aromatic carbocycles. The first kappa shape index (κ1) is 10.7. The fraction of sp³-hybridized carbons (Fsp3) is 0.364. The highest BCUT2D eigenvalue weighted by molar-refractivity contribution is 5.94. The van der Waals surface area contributed by atoms with Crippen molar-refractivity contribution in [2.45, 2.75) is 13.8 Å². The van der Waals surface area contributed by atoms with Crippen LogP contribution in [-0.4, -0.2) is 23.9 Å². The molecule has 0 saturated carbocycles. The van der Waals surface area contributed by atoms with E-state index in [1.54, 1.807) is 17.0 Å². The molecule has 0 aromatic heterocycles. The Morgan fingerprint density at radius 3 is 2.50 bits per heavy atom. The summed E-state index contributed by atoms with van der Waals surface area (Å²) in [6, 6.07) is 5.77. The highest BCUT2D eigenvalue weighted by Crippen LogP contribution is 2.07. The lowest BCUT2D eigenvalue weighted by Gasteiger charge is -2.18. The van der Waals surface area contributed by atoms with E-state index in [9.17, 15) is 9.18 Å². The average molecular weight is 195 g/mol. The van der Waals surface area contributed by atoms with Crippen molar-refractivity contribution in [3.63, 3.8) is 0 Å². The van der Waals surface area contributed by atoms with Crippen molar-refractivity contribution in [3.05, 3.63) is 35.6 Å². The van der Waals surface area contributed by atoms with Gasteiger partial charge in [-0.3, -0.25) is 4.79 Å². The highest BCUT2D eigenvalue weighted by Gasteiger charge is 2.12. The molecule has 0 spiro atoms. The van der Waals surface area contributed by atoms with Crippen molar-refractivity contribution in [2.75, 3.05) is 13.1 Å². The Morgan fingerprint density at radius 2 is 2.00 bits per heavy atom. The zero-order chi connectivity index (χ0) is 10.6. The minimum atomic E-state index is -0.372. The van der Waals surface area contributed by atoms with Crippen LogP contribution < -0.4 is 0 Å². The van der Waals surface area contributed by atoms with Crippen LogP contribution >= 0.6 is 0 Å². The summed E-state index contributed by atoms with van der Waals surface area (Å²) in [5.41, 5.74) is 0.411. The molecule has 1 rings (SSSR count). The van der Waals surface area contributed by atoms with E-state index in [1.165, 1.54) is 12.1 Å². The predicted molar refractivity (Wildman–Crippen MR) is 53.7 cm³/mol. The molecule has 0 unspecified atom stereocenters. The largest absolute Gasteiger partial charge is 0.339 e. The Kier molecular flexibility index (Phi) is 3.63. The molecule has 0 radical (unpaired) electrons. The van der Waals surface area contributed by atoms with Crippen LogP contribution in [0.25, 0.3) is 0 Å². The third kappa shape index (κ3) is 2.31. The van der Waals surface area contributed by atoms with Crippen LogP contribution in [0.4, 0.5) is 4.39 Å². The molecule has 0 saturated heterocycles. The van der Waals surface area contributed by atoms with Crippen molar-refractivity contribution in [1.82, 2.24) is 4.90 Å². The third-order valence-corrected chi connectivity index (χ3v) is 2.12. The van der Waals surface area contributed by atoms with E-state index < -0.39 is 0 Å². The second-order valence-electron chi connectivity index (χ2n) is 2.99. The van der Waals surface area contributed by atoms with Gasteiger partial charge in [0.15, 0.2) is 0 Å². The normalized spacial score (nSPS) is 9.93. The van der Waals surface area contributed by atoms with E-state index in [-0.39, 0.29) is 11.7 Å². The first-order chi connectivity index (χ1) is 6.69. The minimum Gasteiger partial charge on any atom is -0.339 e. The summed E-state index contributed by atoms with van der Waals surface area (Å²) in [5.74, 6) is -0.488. The second kappa shape index (κ2) is 4.74. The fourth-order valence-corrected chi connectivity index (χ4v) is 1.31. The molecule has 3 heteroatoms. The Labute approximate surface area is 83.3 Å². The summed E-state index contributed by atoms with van der Waals surface area (Å²) < 4.78 is 12.8. The van der Waals surface area contributed by atoms with Crippen molar-refractivity contribution >= 4 is 5.91 Å². The Morgan fingerprint density at radius 1 is 1.36 bits per heavy atom. The van der Waals surface area contributed by atoms with Gasteiger partial charge in [-0.25, -0.2) is 4.39 Å². The zero-order valence-corrected chi connectivity index (χ0v) is 8.46. The maximum atomic E-state index is 12.8. The molecule has 76 valence electrons. The molecule has 0 bridgehead atoms. The topological polar surface area (TPSA) is 20.3 Å². The molecule has 0 heterocycles. The first-order valence-electron chi connectivity index (χ1n) is 4.73. The molecule has 14 heavy (non-hydrogen) atoms. The number of rotatable bonds is 3. The van der Waals surface area contributed by atoms with Crippen molar-refractivity contribution in [2.24, 2.45) is 0 Å². The lowest BCUT2D eigenvalue weighted by molar-refractivity contribution is 0.0772. The van der Waals surface area contributed by atoms with E-state index in [4.69, 9.17) is 0 Å². The van der Waals surface area contributed by atoms with E-state index >= 15 is 0 Å². The van der Waals surface area contributed by atoms with E-state index in [1.807, 2.05) is 13.8 Å². The van der Waals surface area contributed by atoms with Gasteiger partial charge in [-0.05, 0) is 32.0 Å². The van der Waals surface area contributed by atoms with Gasteiger partial charge in [-0.1, -0.05) is 6.07 Å². The lowest BCUT2D eigenvalue weighted by Crippen LogP contribution is -2.30. The molecule has 0 aliphatic heterocycles. The summed E-state index contributed by atoms with van der Waals surface area (Å²) in [4.78, 5) is 13.4. The molecule has 0 fully saturated rings.